The second-order valence-electron chi connectivity index (χ2n) is 7.79. The van der Waals surface area contributed by atoms with Crippen molar-refractivity contribution in [2.75, 3.05) is 0 Å². The topological polar surface area (TPSA) is 62.8 Å². The molecular weight excluding hydrogens is 296 g/mol. The summed E-state index contributed by atoms with van der Waals surface area (Å²) in [7, 11) is -3.45. The molecule has 2 saturated carbocycles. The van der Waals surface area contributed by atoms with Gasteiger partial charge in [-0.3, -0.25) is 0 Å². The Hall–Kier alpha value is -1.36. The van der Waals surface area contributed by atoms with Gasteiger partial charge in [0.25, 0.3) is 0 Å². The number of fused-ring (bicyclic) bond motifs is 2. The molecule has 1 aromatic carbocycles. The van der Waals surface area contributed by atoms with Crippen molar-refractivity contribution in [1.29, 1.82) is 0 Å². The Bertz CT molecular complexity index is 819. The minimum atomic E-state index is -3.45. The lowest BCUT2D eigenvalue weighted by atomic mass is 9.90. The van der Waals surface area contributed by atoms with Crippen molar-refractivity contribution >= 4 is 20.9 Å². The summed E-state index contributed by atoms with van der Waals surface area (Å²) in [5.74, 6) is 1.23. The molecule has 0 saturated heterocycles. The zero-order valence-electron chi connectivity index (χ0n) is 13.3. The van der Waals surface area contributed by atoms with Crippen LogP contribution in [0.3, 0.4) is 0 Å². The molecular formula is C17H22N2O2S. The van der Waals surface area contributed by atoms with Crippen LogP contribution in [0, 0.1) is 17.3 Å². The van der Waals surface area contributed by atoms with E-state index in [0.29, 0.717) is 22.8 Å². The zero-order valence-corrected chi connectivity index (χ0v) is 14.1. The van der Waals surface area contributed by atoms with Crippen molar-refractivity contribution in [1.82, 2.24) is 9.97 Å². The second-order valence-corrected chi connectivity index (χ2v) is 10.2. The van der Waals surface area contributed by atoms with Crippen LogP contribution in [0.25, 0.3) is 11.0 Å². The highest BCUT2D eigenvalue weighted by molar-refractivity contribution is 7.92. The lowest BCUT2D eigenvalue weighted by Crippen LogP contribution is -2.39. The smallest absolute Gasteiger partial charge is 0.226 e. The quantitative estimate of drug-likeness (QED) is 0.921. The number of benzene rings is 1. The molecule has 0 amide bonds. The maximum atomic E-state index is 13.2. The van der Waals surface area contributed by atoms with E-state index in [1.54, 1.807) is 0 Å². The molecule has 22 heavy (non-hydrogen) atoms. The maximum Gasteiger partial charge on any atom is 0.226 e. The van der Waals surface area contributed by atoms with Gasteiger partial charge < -0.3 is 4.98 Å². The fraction of sp³-hybridized carbons (Fsp3) is 0.588. The Balaban J connectivity index is 1.74. The van der Waals surface area contributed by atoms with Crippen LogP contribution in [0.4, 0.5) is 0 Å². The minimum Gasteiger partial charge on any atom is -0.329 e. The third kappa shape index (κ3) is 1.75. The molecule has 1 heterocycles. The number of nitrogens with one attached hydrogen (secondary N) is 1. The van der Waals surface area contributed by atoms with Crippen LogP contribution in [-0.2, 0) is 9.84 Å². The van der Waals surface area contributed by atoms with Crippen molar-refractivity contribution in [3.8, 4) is 0 Å². The molecule has 1 N–H and O–H groups in total. The van der Waals surface area contributed by atoms with Gasteiger partial charge in [-0.2, -0.15) is 0 Å². The summed E-state index contributed by atoms with van der Waals surface area (Å²) in [5.41, 5.74) is 1.80. The summed E-state index contributed by atoms with van der Waals surface area (Å²) in [6.07, 6.45) is 2.49. The number of H-pyrrole nitrogens is 1. The molecule has 0 bridgehead atoms. The first kappa shape index (κ1) is 14.2. The van der Waals surface area contributed by atoms with Gasteiger partial charge in [-0.25, -0.2) is 13.4 Å². The van der Waals surface area contributed by atoms with Gasteiger partial charge in [0.2, 0.25) is 15.0 Å². The van der Waals surface area contributed by atoms with Crippen molar-refractivity contribution < 1.29 is 8.42 Å². The molecule has 0 spiro atoms. The van der Waals surface area contributed by atoms with Crippen LogP contribution in [0.1, 0.15) is 40.0 Å². The van der Waals surface area contributed by atoms with Crippen molar-refractivity contribution in [3.63, 3.8) is 0 Å². The fourth-order valence-corrected chi connectivity index (χ4v) is 6.11. The molecule has 1 aromatic heterocycles. The Morgan fingerprint density at radius 2 is 1.91 bits per heavy atom. The van der Waals surface area contributed by atoms with Crippen molar-refractivity contribution in [2.45, 2.75) is 49.9 Å². The molecule has 3 atom stereocenters. The molecule has 3 unspecified atom stereocenters. The van der Waals surface area contributed by atoms with Gasteiger partial charge in [0.1, 0.15) is 0 Å². The molecule has 2 aromatic rings. The summed E-state index contributed by atoms with van der Waals surface area (Å²) in [6, 6.07) is 7.47. The van der Waals surface area contributed by atoms with Crippen LogP contribution in [0.2, 0.25) is 0 Å². The van der Waals surface area contributed by atoms with E-state index < -0.39 is 14.6 Å². The number of imidazole rings is 1. The van der Waals surface area contributed by atoms with Crippen molar-refractivity contribution in [3.05, 3.63) is 24.3 Å². The van der Waals surface area contributed by atoms with Gasteiger partial charge in [-0.15, -0.1) is 0 Å². The number of aromatic nitrogens is 2. The predicted molar refractivity (Wildman–Crippen MR) is 86.3 cm³/mol. The number of hydrogen-bond acceptors (Lipinski definition) is 3. The van der Waals surface area contributed by atoms with Crippen LogP contribution < -0.4 is 0 Å². The molecule has 118 valence electrons. The number of aromatic amines is 1. The highest BCUT2D eigenvalue weighted by Gasteiger charge is 2.64. The average Bonchev–Trinajstić information content (AvgIpc) is 2.86. The number of rotatable bonds is 2. The number of hydrogen-bond donors (Lipinski definition) is 1. The minimum absolute atomic E-state index is 0.133. The first-order valence-electron chi connectivity index (χ1n) is 7.95. The second kappa shape index (κ2) is 4.13. The van der Waals surface area contributed by atoms with Crippen LogP contribution in [-0.4, -0.2) is 23.1 Å². The summed E-state index contributed by atoms with van der Waals surface area (Å²) >= 11 is 0. The van der Waals surface area contributed by atoms with Crippen LogP contribution >= 0.6 is 0 Å². The molecule has 4 rings (SSSR count). The van der Waals surface area contributed by atoms with E-state index in [9.17, 15) is 8.42 Å². The van der Waals surface area contributed by atoms with E-state index in [4.69, 9.17) is 0 Å². The summed E-state index contributed by atoms with van der Waals surface area (Å²) in [6.45, 7) is 6.43. The zero-order chi connectivity index (χ0) is 15.8. The summed E-state index contributed by atoms with van der Waals surface area (Å²) in [4.78, 5) is 7.34. The van der Waals surface area contributed by atoms with E-state index in [2.05, 4.69) is 23.8 Å². The molecule has 5 heteroatoms. The molecule has 4 nitrogen and oxygen atoms in total. The van der Waals surface area contributed by atoms with E-state index in [0.717, 1.165) is 24.8 Å². The van der Waals surface area contributed by atoms with E-state index in [-0.39, 0.29) is 5.16 Å². The number of nitrogens with zero attached hydrogens (tertiary/aromatic N) is 1. The van der Waals surface area contributed by atoms with Gasteiger partial charge in [0, 0.05) is 0 Å². The van der Waals surface area contributed by atoms with E-state index in [1.807, 2.05) is 31.2 Å². The van der Waals surface area contributed by atoms with Gasteiger partial charge >= 0.3 is 0 Å². The Morgan fingerprint density at radius 3 is 2.59 bits per heavy atom. The van der Waals surface area contributed by atoms with Crippen LogP contribution in [0.5, 0.6) is 0 Å². The van der Waals surface area contributed by atoms with E-state index in [1.165, 1.54) is 0 Å². The SMILES string of the molecule is CC1(C)C2CCC(C)(S(=O)(=O)c3nc4ccccc4[nH]3)CC21. The monoisotopic (exact) mass is 318 g/mol. The fourth-order valence-electron chi connectivity index (χ4n) is 4.40. The van der Waals surface area contributed by atoms with Crippen LogP contribution in [0.15, 0.2) is 29.4 Å². The largest absolute Gasteiger partial charge is 0.329 e. The lowest BCUT2D eigenvalue weighted by Gasteiger charge is -2.31. The Morgan fingerprint density at radius 1 is 1.18 bits per heavy atom. The Kier molecular flexibility index (Phi) is 2.68. The Labute approximate surface area is 131 Å². The van der Waals surface area contributed by atoms with Gasteiger partial charge in [-0.05, 0) is 55.6 Å². The predicted octanol–water partition coefficient (Wildman–Crippen LogP) is 3.55. The normalized spacial score (nSPS) is 33.6. The lowest BCUT2D eigenvalue weighted by molar-refractivity contribution is 0.377. The summed E-state index contributed by atoms with van der Waals surface area (Å²) in [5, 5.41) is 0.133. The molecule has 2 fully saturated rings. The first-order valence-corrected chi connectivity index (χ1v) is 9.43. The summed E-state index contributed by atoms with van der Waals surface area (Å²) < 4.78 is 25.6. The number of para-hydroxylation sites is 2. The van der Waals surface area contributed by atoms with Gasteiger partial charge in [0.05, 0.1) is 15.8 Å². The van der Waals surface area contributed by atoms with Gasteiger partial charge in [-0.1, -0.05) is 26.0 Å². The molecule has 2 aliphatic carbocycles. The van der Waals surface area contributed by atoms with Gasteiger partial charge in [0.15, 0.2) is 0 Å². The third-order valence-electron chi connectivity index (χ3n) is 6.19. The highest BCUT2D eigenvalue weighted by atomic mass is 32.2. The maximum absolute atomic E-state index is 13.2. The standard InChI is InChI=1S/C17H22N2O2S/c1-16(2)11-8-9-17(3,10-12(11)16)22(20,21)15-18-13-6-4-5-7-14(13)19-15/h4-7,11-12H,8-10H2,1-3H3,(H,18,19). The number of sulfone groups is 1. The highest BCUT2D eigenvalue weighted by Crippen LogP contribution is 2.67. The molecule has 0 aliphatic heterocycles. The van der Waals surface area contributed by atoms with Crippen molar-refractivity contribution in [2.24, 2.45) is 17.3 Å². The molecule has 2 aliphatic rings. The average molecular weight is 318 g/mol. The third-order valence-corrected chi connectivity index (χ3v) is 8.57. The molecule has 0 radical (unpaired) electrons. The van der Waals surface area contributed by atoms with E-state index >= 15 is 0 Å². The first-order chi connectivity index (χ1) is 10.3.